The van der Waals surface area contributed by atoms with E-state index in [0.717, 1.165) is 16.4 Å². The Labute approximate surface area is 97.6 Å². The number of nitrogens with zero attached hydrogens (tertiary/aromatic N) is 3. The van der Waals surface area contributed by atoms with Crippen LogP contribution < -0.4 is 5.73 Å². The number of anilines is 1. The lowest BCUT2D eigenvalue weighted by Gasteiger charge is -2.02. The molecule has 1 fully saturated rings. The van der Waals surface area contributed by atoms with Crippen molar-refractivity contribution in [3.63, 3.8) is 0 Å². The maximum absolute atomic E-state index is 5.79. The fourth-order valence-corrected chi connectivity index (χ4v) is 2.35. The first kappa shape index (κ1) is 9.72. The van der Waals surface area contributed by atoms with E-state index in [0.29, 0.717) is 17.6 Å². The molecular formula is C11H12N4S. The van der Waals surface area contributed by atoms with Crippen molar-refractivity contribution in [2.24, 2.45) is 0 Å². The van der Waals surface area contributed by atoms with Crippen molar-refractivity contribution in [2.75, 3.05) is 5.73 Å². The molecule has 1 saturated carbocycles. The molecule has 2 N–H and O–H groups in total. The molecule has 5 heteroatoms. The molecule has 0 saturated heterocycles. The molecule has 16 heavy (non-hydrogen) atoms. The smallest absolute Gasteiger partial charge is 0.190 e. The van der Waals surface area contributed by atoms with E-state index in [1.54, 1.807) is 11.3 Å². The Morgan fingerprint density at radius 1 is 1.31 bits per heavy atom. The summed E-state index contributed by atoms with van der Waals surface area (Å²) in [5.74, 6) is 1.80. The van der Waals surface area contributed by atoms with Gasteiger partial charge in [0.05, 0.1) is 0 Å². The minimum Gasteiger partial charge on any atom is -0.384 e. The summed E-state index contributed by atoms with van der Waals surface area (Å²) in [6.45, 7) is 1.97. The maximum Gasteiger partial charge on any atom is 0.190 e. The summed E-state index contributed by atoms with van der Waals surface area (Å²) < 4.78 is 0. The molecule has 0 atom stereocenters. The minimum atomic E-state index is 0.541. The lowest BCUT2D eigenvalue weighted by Crippen LogP contribution is -1.99. The van der Waals surface area contributed by atoms with Crippen LogP contribution in [-0.2, 0) is 0 Å². The molecule has 3 rings (SSSR count). The van der Waals surface area contributed by atoms with Crippen LogP contribution in [0.5, 0.6) is 0 Å². The highest BCUT2D eigenvalue weighted by Crippen LogP contribution is 2.40. The van der Waals surface area contributed by atoms with Crippen LogP contribution in [0.15, 0.2) is 11.4 Å². The SMILES string of the molecule is Cc1csc(-c2nc(N)cc(C3CC3)n2)n1. The number of aryl methyl sites for hydroxylation is 1. The molecule has 2 aromatic rings. The van der Waals surface area contributed by atoms with E-state index in [1.807, 2.05) is 18.4 Å². The van der Waals surface area contributed by atoms with Crippen molar-refractivity contribution in [2.45, 2.75) is 25.7 Å². The lowest BCUT2D eigenvalue weighted by atomic mass is 10.3. The molecule has 0 aromatic carbocycles. The van der Waals surface area contributed by atoms with Crippen molar-refractivity contribution < 1.29 is 0 Å². The van der Waals surface area contributed by atoms with Crippen molar-refractivity contribution >= 4 is 17.2 Å². The normalized spacial score (nSPS) is 15.3. The Hall–Kier alpha value is -1.49. The highest BCUT2D eigenvalue weighted by molar-refractivity contribution is 7.13. The molecule has 1 aliphatic rings. The average Bonchev–Trinajstić information content (AvgIpc) is 3.01. The molecule has 2 heterocycles. The third-order valence-corrected chi connectivity index (χ3v) is 3.53. The maximum atomic E-state index is 5.79. The van der Waals surface area contributed by atoms with Crippen molar-refractivity contribution in [1.82, 2.24) is 15.0 Å². The Balaban J connectivity index is 2.06. The number of hydrogen-bond donors (Lipinski definition) is 1. The zero-order chi connectivity index (χ0) is 11.1. The highest BCUT2D eigenvalue weighted by Gasteiger charge is 2.26. The zero-order valence-corrected chi connectivity index (χ0v) is 9.79. The number of hydrogen-bond acceptors (Lipinski definition) is 5. The van der Waals surface area contributed by atoms with Gasteiger partial charge in [-0.3, -0.25) is 0 Å². The molecule has 0 amide bonds. The van der Waals surface area contributed by atoms with E-state index in [9.17, 15) is 0 Å². The molecule has 4 nitrogen and oxygen atoms in total. The van der Waals surface area contributed by atoms with Crippen LogP contribution in [0.2, 0.25) is 0 Å². The first-order chi connectivity index (χ1) is 7.72. The quantitative estimate of drug-likeness (QED) is 0.863. The second-order valence-electron chi connectivity index (χ2n) is 4.11. The second kappa shape index (κ2) is 3.52. The van der Waals surface area contributed by atoms with E-state index < -0.39 is 0 Å². The van der Waals surface area contributed by atoms with Gasteiger partial charge in [-0.1, -0.05) is 0 Å². The fraction of sp³-hybridized carbons (Fsp3) is 0.364. The molecule has 0 aliphatic heterocycles. The van der Waals surface area contributed by atoms with Gasteiger partial charge in [-0.25, -0.2) is 15.0 Å². The average molecular weight is 232 g/mol. The fourth-order valence-electron chi connectivity index (χ4n) is 1.63. The van der Waals surface area contributed by atoms with E-state index in [2.05, 4.69) is 15.0 Å². The van der Waals surface area contributed by atoms with Crippen LogP contribution in [0.1, 0.15) is 30.1 Å². The van der Waals surface area contributed by atoms with Crippen molar-refractivity contribution in [1.29, 1.82) is 0 Å². The lowest BCUT2D eigenvalue weighted by molar-refractivity contribution is 0.995. The molecule has 1 aliphatic carbocycles. The van der Waals surface area contributed by atoms with Gasteiger partial charge in [-0.15, -0.1) is 11.3 Å². The summed E-state index contributed by atoms with van der Waals surface area (Å²) in [5.41, 5.74) is 7.86. The Bertz CT molecular complexity index is 531. The van der Waals surface area contributed by atoms with Crippen LogP contribution in [0.4, 0.5) is 5.82 Å². The second-order valence-corrected chi connectivity index (χ2v) is 4.97. The van der Waals surface area contributed by atoms with Crippen molar-refractivity contribution in [3.8, 4) is 10.8 Å². The van der Waals surface area contributed by atoms with Crippen LogP contribution in [0.25, 0.3) is 10.8 Å². The number of nitrogen functional groups attached to an aromatic ring is 1. The monoisotopic (exact) mass is 232 g/mol. The molecule has 0 unspecified atom stereocenters. The summed E-state index contributed by atoms with van der Waals surface area (Å²) in [7, 11) is 0. The first-order valence-corrected chi connectivity index (χ1v) is 6.17. The highest BCUT2D eigenvalue weighted by atomic mass is 32.1. The predicted molar refractivity (Wildman–Crippen MR) is 64.3 cm³/mol. The van der Waals surface area contributed by atoms with Crippen LogP contribution >= 0.6 is 11.3 Å². The molecule has 82 valence electrons. The number of rotatable bonds is 2. The third kappa shape index (κ3) is 1.78. The van der Waals surface area contributed by atoms with Gasteiger partial charge in [0.25, 0.3) is 0 Å². The Morgan fingerprint density at radius 3 is 2.75 bits per heavy atom. The van der Waals surface area contributed by atoms with E-state index in [4.69, 9.17) is 5.73 Å². The topological polar surface area (TPSA) is 64.7 Å². The van der Waals surface area contributed by atoms with Crippen LogP contribution in [0.3, 0.4) is 0 Å². The summed E-state index contributed by atoms with van der Waals surface area (Å²) in [5, 5.41) is 2.85. The Morgan fingerprint density at radius 2 is 2.12 bits per heavy atom. The van der Waals surface area contributed by atoms with Gasteiger partial charge in [0.15, 0.2) is 10.8 Å². The van der Waals surface area contributed by atoms with Crippen LogP contribution in [0, 0.1) is 6.92 Å². The van der Waals surface area contributed by atoms with Crippen LogP contribution in [-0.4, -0.2) is 15.0 Å². The minimum absolute atomic E-state index is 0.541. The molecule has 0 spiro atoms. The van der Waals surface area contributed by atoms with E-state index in [1.165, 1.54) is 12.8 Å². The van der Waals surface area contributed by atoms with Gasteiger partial charge in [0.1, 0.15) is 5.82 Å². The Kier molecular flexibility index (Phi) is 2.14. The summed E-state index contributed by atoms with van der Waals surface area (Å²) >= 11 is 1.56. The molecule has 0 radical (unpaired) electrons. The van der Waals surface area contributed by atoms with Gasteiger partial charge in [-0.2, -0.15) is 0 Å². The number of aromatic nitrogens is 3. The molecule has 0 bridgehead atoms. The summed E-state index contributed by atoms with van der Waals surface area (Å²) in [4.78, 5) is 13.2. The predicted octanol–water partition coefficient (Wildman–Crippen LogP) is 2.37. The number of thiazole rings is 1. The van der Waals surface area contributed by atoms with Gasteiger partial charge < -0.3 is 5.73 Å². The van der Waals surface area contributed by atoms with Gasteiger partial charge >= 0.3 is 0 Å². The van der Waals surface area contributed by atoms with Gasteiger partial charge in [-0.05, 0) is 19.8 Å². The standard InChI is InChI=1S/C11H12N4S/c1-6-5-16-11(13-6)10-14-8(7-2-3-7)4-9(12)15-10/h4-5,7H,2-3H2,1H3,(H2,12,14,15). The van der Waals surface area contributed by atoms with Gasteiger partial charge in [0.2, 0.25) is 0 Å². The molecule has 2 aromatic heterocycles. The first-order valence-electron chi connectivity index (χ1n) is 5.29. The third-order valence-electron chi connectivity index (χ3n) is 2.57. The summed E-state index contributed by atoms with van der Waals surface area (Å²) in [6.07, 6.45) is 2.43. The zero-order valence-electron chi connectivity index (χ0n) is 8.97. The summed E-state index contributed by atoms with van der Waals surface area (Å²) in [6, 6.07) is 1.88. The van der Waals surface area contributed by atoms with Crippen molar-refractivity contribution in [3.05, 3.63) is 22.8 Å². The van der Waals surface area contributed by atoms with E-state index >= 15 is 0 Å². The largest absolute Gasteiger partial charge is 0.384 e. The van der Waals surface area contributed by atoms with E-state index in [-0.39, 0.29) is 0 Å². The molecular weight excluding hydrogens is 220 g/mol. The van der Waals surface area contributed by atoms with Gasteiger partial charge in [0, 0.05) is 28.8 Å². The number of nitrogens with two attached hydrogens (primary N) is 1.